The maximum atomic E-state index is 15.0. The standard InChI is InChI=1S/C23H28F5N3O2/c24-17-10-19(26)18(25)8-15(17)9-20(29)23(27,28)22(33)31-7-1-2-16(31)12-30(11-13-3-4-13)21(32)14-5-6-14/h8,10,13-14,16,20H,1-7,9,11-12,29H2/t16?,20-/m1/s1. The summed E-state index contributed by atoms with van der Waals surface area (Å²) in [5.74, 6) is -9.10. The van der Waals surface area contributed by atoms with E-state index in [4.69, 9.17) is 5.73 Å². The third-order valence-electron chi connectivity index (χ3n) is 6.76. The van der Waals surface area contributed by atoms with Crippen LogP contribution in [0.1, 0.15) is 44.1 Å². The monoisotopic (exact) mass is 473 g/mol. The third-order valence-corrected chi connectivity index (χ3v) is 6.76. The SMILES string of the molecule is N[C@H](Cc1cc(F)c(F)cc1F)C(F)(F)C(=O)N1CCCC1CN(CC1CC1)C(=O)C1CC1. The number of amides is 2. The summed E-state index contributed by atoms with van der Waals surface area (Å²) in [6.45, 7) is 0.903. The molecule has 0 spiro atoms. The Morgan fingerprint density at radius 2 is 1.70 bits per heavy atom. The van der Waals surface area contributed by atoms with Gasteiger partial charge in [0.25, 0.3) is 5.91 Å². The molecule has 1 saturated heterocycles. The molecule has 0 aromatic heterocycles. The molecule has 3 aliphatic rings. The molecule has 3 fully saturated rings. The van der Waals surface area contributed by atoms with Crippen LogP contribution < -0.4 is 5.73 Å². The second-order valence-corrected chi connectivity index (χ2v) is 9.55. The Bertz CT molecular complexity index is 920. The van der Waals surface area contributed by atoms with E-state index in [9.17, 15) is 22.8 Å². The summed E-state index contributed by atoms with van der Waals surface area (Å²) in [6.07, 6.45) is 3.92. The maximum Gasteiger partial charge on any atom is 0.339 e. The van der Waals surface area contributed by atoms with Gasteiger partial charge in [-0.05, 0) is 62.5 Å². The van der Waals surface area contributed by atoms with Crippen LogP contribution in [0, 0.1) is 29.3 Å². The van der Waals surface area contributed by atoms with Gasteiger partial charge in [-0.2, -0.15) is 8.78 Å². The fourth-order valence-electron chi connectivity index (χ4n) is 4.44. The molecule has 2 N–H and O–H groups in total. The number of nitrogens with two attached hydrogens (primary N) is 1. The fraction of sp³-hybridized carbons (Fsp3) is 0.652. The third kappa shape index (κ3) is 5.31. The molecular weight excluding hydrogens is 445 g/mol. The first-order valence-electron chi connectivity index (χ1n) is 11.4. The van der Waals surface area contributed by atoms with E-state index >= 15 is 8.78 Å². The van der Waals surface area contributed by atoms with E-state index in [1.54, 1.807) is 4.90 Å². The molecule has 10 heteroatoms. The second kappa shape index (κ2) is 9.19. The predicted octanol–water partition coefficient (Wildman–Crippen LogP) is 3.25. The number of alkyl halides is 2. The van der Waals surface area contributed by atoms with Crippen LogP contribution in [0.4, 0.5) is 22.0 Å². The highest BCUT2D eigenvalue weighted by Crippen LogP contribution is 2.36. The summed E-state index contributed by atoms with van der Waals surface area (Å²) in [4.78, 5) is 28.3. The maximum absolute atomic E-state index is 15.0. The van der Waals surface area contributed by atoms with Crippen molar-refractivity contribution < 1.29 is 31.5 Å². The van der Waals surface area contributed by atoms with Gasteiger partial charge in [-0.15, -0.1) is 0 Å². The summed E-state index contributed by atoms with van der Waals surface area (Å²) < 4.78 is 70.5. The summed E-state index contributed by atoms with van der Waals surface area (Å²) in [7, 11) is 0. The molecule has 182 valence electrons. The molecule has 1 aromatic rings. The van der Waals surface area contributed by atoms with Crippen LogP contribution in [0.3, 0.4) is 0 Å². The molecule has 1 aliphatic heterocycles. The molecule has 2 amide bonds. The highest BCUT2D eigenvalue weighted by Gasteiger charge is 2.50. The van der Waals surface area contributed by atoms with E-state index < -0.39 is 53.3 Å². The van der Waals surface area contributed by atoms with Crippen LogP contribution >= 0.6 is 0 Å². The minimum atomic E-state index is -4.04. The van der Waals surface area contributed by atoms with Gasteiger partial charge in [0.1, 0.15) is 5.82 Å². The molecular formula is C23H28F5N3O2. The molecule has 1 heterocycles. The number of benzene rings is 1. The lowest BCUT2D eigenvalue weighted by atomic mass is 9.99. The zero-order chi connectivity index (χ0) is 23.9. The predicted molar refractivity (Wildman–Crippen MR) is 110 cm³/mol. The van der Waals surface area contributed by atoms with Crippen LogP contribution in [0.2, 0.25) is 0 Å². The number of carbonyl (C=O) groups excluding carboxylic acids is 2. The largest absolute Gasteiger partial charge is 0.340 e. The van der Waals surface area contributed by atoms with Crippen molar-refractivity contribution in [3.63, 3.8) is 0 Å². The average Bonchev–Trinajstić information content (AvgIpc) is 3.69. The lowest BCUT2D eigenvalue weighted by molar-refractivity contribution is -0.162. The Labute approximate surface area is 189 Å². The van der Waals surface area contributed by atoms with Gasteiger partial charge in [0, 0.05) is 37.7 Å². The first kappa shape index (κ1) is 23.9. The van der Waals surface area contributed by atoms with E-state index in [-0.39, 0.29) is 31.0 Å². The van der Waals surface area contributed by atoms with Crippen LogP contribution in [0.5, 0.6) is 0 Å². The van der Waals surface area contributed by atoms with Crippen LogP contribution in [-0.2, 0) is 16.0 Å². The topological polar surface area (TPSA) is 66.6 Å². The molecule has 0 bridgehead atoms. The summed E-state index contributed by atoms with van der Waals surface area (Å²) in [6, 6.07) is -1.93. The van der Waals surface area contributed by atoms with Gasteiger partial charge >= 0.3 is 5.92 Å². The number of hydrogen-bond donors (Lipinski definition) is 1. The molecule has 2 atom stereocenters. The Morgan fingerprint density at radius 1 is 1.03 bits per heavy atom. The Morgan fingerprint density at radius 3 is 2.33 bits per heavy atom. The quantitative estimate of drug-likeness (QED) is 0.442. The Hall–Kier alpha value is -2.23. The number of nitrogens with zero attached hydrogens (tertiary/aromatic N) is 2. The molecule has 5 nitrogen and oxygen atoms in total. The van der Waals surface area contributed by atoms with E-state index in [2.05, 4.69) is 0 Å². The van der Waals surface area contributed by atoms with Crippen molar-refractivity contribution >= 4 is 11.8 Å². The van der Waals surface area contributed by atoms with Gasteiger partial charge in [-0.25, -0.2) is 13.2 Å². The van der Waals surface area contributed by atoms with Crippen molar-refractivity contribution in [2.45, 2.75) is 63.0 Å². The molecule has 2 saturated carbocycles. The van der Waals surface area contributed by atoms with Crippen molar-refractivity contribution in [3.8, 4) is 0 Å². The lowest BCUT2D eigenvalue weighted by Crippen LogP contribution is -2.57. The van der Waals surface area contributed by atoms with Gasteiger partial charge in [0.05, 0.1) is 6.04 Å². The van der Waals surface area contributed by atoms with E-state index in [0.29, 0.717) is 31.4 Å². The van der Waals surface area contributed by atoms with Crippen LogP contribution in [-0.4, -0.2) is 59.3 Å². The smallest absolute Gasteiger partial charge is 0.339 e. The zero-order valence-electron chi connectivity index (χ0n) is 18.2. The van der Waals surface area contributed by atoms with Crippen LogP contribution in [0.15, 0.2) is 12.1 Å². The molecule has 4 rings (SSSR count). The van der Waals surface area contributed by atoms with E-state index in [1.165, 1.54) is 0 Å². The summed E-state index contributed by atoms with van der Waals surface area (Å²) in [5.41, 5.74) is 5.05. The van der Waals surface area contributed by atoms with Gasteiger partial charge in [0.15, 0.2) is 11.6 Å². The molecule has 1 aromatic carbocycles. The number of rotatable bonds is 9. The minimum absolute atomic E-state index is 0.00447. The average molecular weight is 473 g/mol. The van der Waals surface area contributed by atoms with E-state index in [1.807, 2.05) is 0 Å². The first-order chi connectivity index (χ1) is 15.6. The first-order valence-corrected chi connectivity index (χ1v) is 11.4. The normalized spacial score (nSPS) is 21.9. The van der Waals surface area contributed by atoms with Crippen molar-refractivity contribution in [1.82, 2.24) is 9.80 Å². The van der Waals surface area contributed by atoms with Gasteiger partial charge in [-0.3, -0.25) is 9.59 Å². The van der Waals surface area contributed by atoms with Crippen molar-refractivity contribution in [3.05, 3.63) is 35.1 Å². The van der Waals surface area contributed by atoms with Gasteiger partial charge in [0.2, 0.25) is 5.91 Å². The van der Waals surface area contributed by atoms with E-state index in [0.717, 1.165) is 30.6 Å². The molecule has 0 radical (unpaired) electrons. The lowest BCUT2D eigenvalue weighted by Gasteiger charge is -2.34. The number of likely N-dealkylation sites (tertiary alicyclic amines) is 1. The summed E-state index contributed by atoms with van der Waals surface area (Å²) in [5, 5.41) is 0. The van der Waals surface area contributed by atoms with Gasteiger partial charge < -0.3 is 15.5 Å². The minimum Gasteiger partial charge on any atom is -0.340 e. The van der Waals surface area contributed by atoms with Crippen molar-refractivity contribution in [2.24, 2.45) is 17.6 Å². The Kier molecular flexibility index (Phi) is 6.66. The number of carbonyl (C=O) groups is 2. The number of hydrogen-bond acceptors (Lipinski definition) is 3. The molecule has 1 unspecified atom stereocenters. The summed E-state index contributed by atoms with van der Waals surface area (Å²) >= 11 is 0. The van der Waals surface area contributed by atoms with Crippen molar-refractivity contribution in [1.29, 1.82) is 0 Å². The molecule has 2 aliphatic carbocycles. The highest BCUT2D eigenvalue weighted by atomic mass is 19.3. The van der Waals surface area contributed by atoms with Crippen molar-refractivity contribution in [2.75, 3.05) is 19.6 Å². The van der Waals surface area contributed by atoms with Gasteiger partial charge in [-0.1, -0.05) is 0 Å². The second-order valence-electron chi connectivity index (χ2n) is 9.55. The Balaban J connectivity index is 1.44. The zero-order valence-corrected chi connectivity index (χ0v) is 18.2. The fourth-order valence-corrected chi connectivity index (χ4v) is 4.44. The van der Waals surface area contributed by atoms with Crippen LogP contribution in [0.25, 0.3) is 0 Å². The highest BCUT2D eigenvalue weighted by molar-refractivity contribution is 5.85. The number of halogens is 5. The molecule has 33 heavy (non-hydrogen) atoms.